The second-order valence-electron chi connectivity index (χ2n) is 4.61. The van der Waals surface area contributed by atoms with Crippen molar-refractivity contribution in [1.82, 2.24) is 5.32 Å². The number of hydrogen-bond acceptors (Lipinski definition) is 4. The van der Waals surface area contributed by atoms with Gasteiger partial charge in [0.15, 0.2) is 0 Å². The molecule has 0 atom stereocenters. The van der Waals surface area contributed by atoms with E-state index in [2.05, 4.69) is 10.1 Å². The molecule has 6 heteroatoms. The summed E-state index contributed by atoms with van der Waals surface area (Å²) >= 11 is 0. The summed E-state index contributed by atoms with van der Waals surface area (Å²) in [5, 5.41) is 2.66. The third-order valence-electron chi connectivity index (χ3n) is 3.26. The Morgan fingerprint density at radius 2 is 2.19 bits per heavy atom. The van der Waals surface area contributed by atoms with Crippen LogP contribution in [0.1, 0.15) is 15.9 Å². The molecule has 0 bridgehead atoms. The zero-order chi connectivity index (χ0) is 15.4. The standard InChI is InChI=1S/C15H16N2O4/c1-17-12-8-11(6-5-10(12)9-13(17)18)15(20)16-7-3-4-14(19)21-2/h3-6,8H,7,9H2,1-2H3,(H,16,20)/b4-3+. The second kappa shape index (κ2) is 6.21. The zero-order valence-corrected chi connectivity index (χ0v) is 11.9. The average molecular weight is 288 g/mol. The maximum absolute atomic E-state index is 12.0. The number of likely N-dealkylation sites (N-methyl/N-ethyl adjacent to an activating group) is 1. The highest BCUT2D eigenvalue weighted by molar-refractivity contribution is 6.03. The predicted octanol–water partition coefficient (Wildman–Crippen LogP) is 0.664. The first kappa shape index (κ1) is 14.8. The number of ether oxygens (including phenoxy) is 1. The Hall–Kier alpha value is -2.63. The third kappa shape index (κ3) is 3.28. The number of nitrogens with zero attached hydrogens (tertiary/aromatic N) is 1. The quantitative estimate of drug-likeness (QED) is 0.652. The largest absolute Gasteiger partial charge is 0.466 e. The van der Waals surface area contributed by atoms with Gasteiger partial charge in [-0.15, -0.1) is 0 Å². The van der Waals surface area contributed by atoms with Gasteiger partial charge in [0, 0.05) is 30.9 Å². The molecule has 6 nitrogen and oxygen atoms in total. The van der Waals surface area contributed by atoms with Crippen molar-refractivity contribution in [3.05, 3.63) is 41.5 Å². The molecule has 0 radical (unpaired) electrons. The first-order valence-electron chi connectivity index (χ1n) is 6.45. The molecule has 110 valence electrons. The summed E-state index contributed by atoms with van der Waals surface area (Å²) in [6.07, 6.45) is 3.12. The van der Waals surface area contributed by atoms with E-state index in [1.165, 1.54) is 19.3 Å². The molecule has 0 aliphatic carbocycles. The van der Waals surface area contributed by atoms with Crippen LogP contribution in [-0.2, 0) is 20.7 Å². The van der Waals surface area contributed by atoms with Crippen LogP contribution < -0.4 is 10.2 Å². The summed E-state index contributed by atoms with van der Waals surface area (Å²) in [7, 11) is 2.97. The smallest absolute Gasteiger partial charge is 0.330 e. The number of anilines is 1. The van der Waals surface area contributed by atoms with Crippen molar-refractivity contribution in [1.29, 1.82) is 0 Å². The molecule has 1 N–H and O–H groups in total. The minimum Gasteiger partial charge on any atom is -0.466 e. The first-order chi connectivity index (χ1) is 10.0. The molecule has 0 saturated carbocycles. The van der Waals surface area contributed by atoms with Crippen molar-refractivity contribution < 1.29 is 19.1 Å². The first-order valence-corrected chi connectivity index (χ1v) is 6.45. The molecule has 1 aliphatic heterocycles. The van der Waals surface area contributed by atoms with Crippen molar-refractivity contribution >= 4 is 23.5 Å². The third-order valence-corrected chi connectivity index (χ3v) is 3.26. The Labute approximate surface area is 122 Å². The van der Waals surface area contributed by atoms with Gasteiger partial charge in [-0.25, -0.2) is 4.79 Å². The van der Waals surface area contributed by atoms with Crippen LogP contribution in [0.5, 0.6) is 0 Å². The summed E-state index contributed by atoms with van der Waals surface area (Å²) in [5.74, 6) is -0.717. The summed E-state index contributed by atoms with van der Waals surface area (Å²) in [6.45, 7) is 0.222. The van der Waals surface area contributed by atoms with E-state index < -0.39 is 5.97 Å². The van der Waals surface area contributed by atoms with Crippen LogP contribution in [0, 0.1) is 0 Å². The van der Waals surface area contributed by atoms with Crippen LogP contribution in [0.4, 0.5) is 5.69 Å². The van der Waals surface area contributed by atoms with E-state index in [0.717, 1.165) is 11.3 Å². The highest BCUT2D eigenvalue weighted by atomic mass is 16.5. The number of benzene rings is 1. The topological polar surface area (TPSA) is 75.7 Å². The van der Waals surface area contributed by atoms with E-state index in [-0.39, 0.29) is 18.4 Å². The van der Waals surface area contributed by atoms with Gasteiger partial charge in [-0.2, -0.15) is 0 Å². The maximum atomic E-state index is 12.0. The van der Waals surface area contributed by atoms with Gasteiger partial charge in [0.05, 0.1) is 13.5 Å². The second-order valence-corrected chi connectivity index (χ2v) is 4.61. The molecule has 1 aliphatic rings. The van der Waals surface area contributed by atoms with Crippen LogP contribution in [-0.4, -0.2) is 38.5 Å². The molecule has 2 rings (SSSR count). The van der Waals surface area contributed by atoms with Gasteiger partial charge < -0.3 is 15.0 Å². The average Bonchev–Trinajstić information content (AvgIpc) is 2.77. The number of esters is 1. The van der Waals surface area contributed by atoms with E-state index in [1.807, 2.05) is 0 Å². The number of fused-ring (bicyclic) bond motifs is 1. The Balaban J connectivity index is 2.00. The number of carbonyl (C=O) groups excluding carboxylic acids is 3. The fourth-order valence-electron chi connectivity index (χ4n) is 2.06. The molecule has 1 aromatic rings. The molecule has 0 unspecified atom stereocenters. The highest BCUT2D eigenvalue weighted by Crippen LogP contribution is 2.28. The number of amides is 2. The van der Waals surface area contributed by atoms with E-state index in [0.29, 0.717) is 12.0 Å². The Bertz CT molecular complexity index is 622. The van der Waals surface area contributed by atoms with Crippen LogP contribution in [0.25, 0.3) is 0 Å². The number of methoxy groups -OCH3 is 1. The SMILES string of the molecule is COC(=O)/C=C/CNC(=O)c1ccc2c(c1)N(C)C(=O)C2. The van der Waals surface area contributed by atoms with E-state index >= 15 is 0 Å². The molecule has 1 aromatic carbocycles. The van der Waals surface area contributed by atoms with Crippen LogP contribution in [0.3, 0.4) is 0 Å². The lowest BCUT2D eigenvalue weighted by Crippen LogP contribution is -2.24. The zero-order valence-electron chi connectivity index (χ0n) is 11.9. The van der Waals surface area contributed by atoms with Gasteiger partial charge in [0.1, 0.15) is 0 Å². The molecule has 0 aromatic heterocycles. The lowest BCUT2D eigenvalue weighted by atomic mass is 10.1. The summed E-state index contributed by atoms with van der Waals surface area (Å²) in [5.41, 5.74) is 2.16. The minimum absolute atomic E-state index is 0.0172. The summed E-state index contributed by atoms with van der Waals surface area (Å²) in [4.78, 5) is 36.0. The van der Waals surface area contributed by atoms with Gasteiger partial charge in [-0.1, -0.05) is 12.1 Å². The van der Waals surface area contributed by atoms with Crippen LogP contribution in [0.15, 0.2) is 30.4 Å². The molecule has 21 heavy (non-hydrogen) atoms. The summed E-state index contributed by atoms with van der Waals surface area (Å²) < 4.78 is 4.44. The van der Waals surface area contributed by atoms with E-state index in [1.54, 1.807) is 30.1 Å². The molecule has 0 saturated heterocycles. The van der Waals surface area contributed by atoms with Gasteiger partial charge in [0.25, 0.3) is 5.91 Å². The molecule has 1 heterocycles. The monoisotopic (exact) mass is 288 g/mol. The predicted molar refractivity (Wildman–Crippen MR) is 77.0 cm³/mol. The molecule has 0 fully saturated rings. The fourth-order valence-corrected chi connectivity index (χ4v) is 2.06. The Morgan fingerprint density at radius 3 is 2.90 bits per heavy atom. The molecular weight excluding hydrogens is 272 g/mol. The summed E-state index contributed by atoms with van der Waals surface area (Å²) in [6, 6.07) is 5.17. The van der Waals surface area contributed by atoms with Crippen molar-refractivity contribution in [2.75, 3.05) is 25.6 Å². The minimum atomic E-state index is -0.470. The molecule has 0 spiro atoms. The highest BCUT2D eigenvalue weighted by Gasteiger charge is 2.24. The lowest BCUT2D eigenvalue weighted by Gasteiger charge is -2.11. The Kier molecular flexibility index (Phi) is 4.37. The Morgan fingerprint density at radius 1 is 1.43 bits per heavy atom. The molecule has 2 amide bonds. The number of nitrogens with one attached hydrogen (secondary N) is 1. The van der Waals surface area contributed by atoms with E-state index in [4.69, 9.17) is 0 Å². The van der Waals surface area contributed by atoms with Crippen molar-refractivity contribution in [2.45, 2.75) is 6.42 Å². The molecular formula is C15H16N2O4. The number of hydrogen-bond donors (Lipinski definition) is 1. The van der Waals surface area contributed by atoms with Crippen molar-refractivity contribution in [3.8, 4) is 0 Å². The number of carbonyl (C=O) groups is 3. The van der Waals surface area contributed by atoms with Gasteiger partial charge in [-0.3, -0.25) is 9.59 Å². The van der Waals surface area contributed by atoms with Crippen molar-refractivity contribution in [3.63, 3.8) is 0 Å². The van der Waals surface area contributed by atoms with Crippen LogP contribution in [0.2, 0.25) is 0 Å². The van der Waals surface area contributed by atoms with Gasteiger partial charge in [0.2, 0.25) is 5.91 Å². The van der Waals surface area contributed by atoms with E-state index in [9.17, 15) is 14.4 Å². The van der Waals surface area contributed by atoms with Crippen LogP contribution >= 0.6 is 0 Å². The fraction of sp³-hybridized carbons (Fsp3) is 0.267. The normalized spacial score (nSPS) is 13.4. The lowest BCUT2D eigenvalue weighted by molar-refractivity contribution is -0.134. The van der Waals surface area contributed by atoms with Gasteiger partial charge in [-0.05, 0) is 17.7 Å². The van der Waals surface area contributed by atoms with Gasteiger partial charge >= 0.3 is 5.97 Å². The van der Waals surface area contributed by atoms with Crippen molar-refractivity contribution in [2.24, 2.45) is 0 Å². The number of rotatable bonds is 4. The maximum Gasteiger partial charge on any atom is 0.330 e.